The van der Waals surface area contributed by atoms with E-state index in [9.17, 15) is 9.59 Å². The van der Waals surface area contributed by atoms with E-state index in [2.05, 4.69) is 16.6 Å². The first-order chi connectivity index (χ1) is 8.52. The van der Waals surface area contributed by atoms with Gasteiger partial charge in [0.1, 0.15) is 0 Å². The summed E-state index contributed by atoms with van der Waals surface area (Å²) in [4.78, 5) is 22.0. The fourth-order valence-corrected chi connectivity index (χ4v) is 1.20. The lowest BCUT2D eigenvalue weighted by Crippen LogP contribution is -2.34. The number of carboxylic acids is 1. The van der Waals surface area contributed by atoms with Crippen molar-refractivity contribution in [1.82, 2.24) is 5.32 Å². The van der Waals surface area contributed by atoms with Gasteiger partial charge in [-0.2, -0.15) is 0 Å². The van der Waals surface area contributed by atoms with Gasteiger partial charge in [-0.05, 0) is 18.2 Å². The monoisotopic (exact) mass is 246 g/mol. The number of hydrogen-bond acceptors (Lipinski definition) is 2. The summed E-state index contributed by atoms with van der Waals surface area (Å²) >= 11 is 0. The van der Waals surface area contributed by atoms with Crippen LogP contribution >= 0.6 is 0 Å². The van der Waals surface area contributed by atoms with Crippen LogP contribution in [-0.2, 0) is 4.79 Å². The molecule has 18 heavy (non-hydrogen) atoms. The number of terminal acetylenes is 1. The lowest BCUT2D eigenvalue weighted by atomic mass is 10.2. The topological polar surface area (TPSA) is 78.4 Å². The minimum absolute atomic E-state index is 0.0655. The summed E-state index contributed by atoms with van der Waals surface area (Å²) < 4.78 is 0. The highest BCUT2D eigenvalue weighted by molar-refractivity contribution is 5.89. The Hall–Kier alpha value is -2.48. The van der Waals surface area contributed by atoms with Crippen molar-refractivity contribution in [3.05, 3.63) is 29.8 Å². The van der Waals surface area contributed by atoms with Crippen LogP contribution in [0.2, 0.25) is 0 Å². The van der Waals surface area contributed by atoms with E-state index in [4.69, 9.17) is 11.5 Å². The second-order valence-corrected chi connectivity index (χ2v) is 3.80. The number of hydrogen-bond donors (Lipinski definition) is 3. The van der Waals surface area contributed by atoms with Crippen molar-refractivity contribution < 1.29 is 14.7 Å². The van der Waals surface area contributed by atoms with Crippen molar-refractivity contribution in [2.24, 2.45) is 5.92 Å². The van der Waals surface area contributed by atoms with Gasteiger partial charge in [-0.3, -0.25) is 4.79 Å². The summed E-state index contributed by atoms with van der Waals surface area (Å²) in [6.07, 6.45) is 5.24. The third-order valence-electron chi connectivity index (χ3n) is 2.28. The summed E-state index contributed by atoms with van der Waals surface area (Å²) in [7, 11) is 0. The molecule has 94 valence electrons. The van der Waals surface area contributed by atoms with E-state index in [1.54, 1.807) is 24.3 Å². The second-order valence-electron chi connectivity index (χ2n) is 3.80. The number of urea groups is 1. The minimum atomic E-state index is -0.954. The Labute approximate surface area is 105 Å². The van der Waals surface area contributed by atoms with Gasteiger partial charge in [-0.15, -0.1) is 6.42 Å². The van der Waals surface area contributed by atoms with Crippen LogP contribution < -0.4 is 10.6 Å². The van der Waals surface area contributed by atoms with Crippen LogP contribution in [0.25, 0.3) is 0 Å². The molecule has 0 aliphatic heterocycles. The summed E-state index contributed by atoms with van der Waals surface area (Å²) in [6.45, 7) is 1.58. The van der Waals surface area contributed by atoms with Crippen molar-refractivity contribution in [3.8, 4) is 12.3 Å². The normalized spacial score (nSPS) is 11.1. The number of carboxylic acid groups (broad SMARTS) is 1. The molecule has 0 saturated carbocycles. The van der Waals surface area contributed by atoms with Gasteiger partial charge in [0.05, 0.1) is 5.92 Å². The average Bonchev–Trinajstić information content (AvgIpc) is 2.36. The lowest BCUT2D eigenvalue weighted by Gasteiger charge is -2.10. The molecule has 0 aliphatic carbocycles. The Morgan fingerprint density at radius 3 is 2.83 bits per heavy atom. The minimum Gasteiger partial charge on any atom is -0.481 e. The van der Waals surface area contributed by atoms with Gasteiger partial charge >= 0.3 is 12.0 Å². The van der Waals surface area contributed by atoms with E-state index in [0.717, 1.165) is 0 Å². The molecule has 1 atom stereocenters. The Morgan fingerprint density at radius 2 is 2.22 bits per heavy atom. The molecule has 0 aromatic heterocycles. The zero-order chi connectivity index (χ0) is 13.5. The molecule has 5 heteroatoms. The lowest BCUT2D eigenvalue weighted by molar-refractivity contribution is -0.140. The highest BCUT2D eigenvalue weighted by Gasteiger charge is 2.11. The van der Waals surface area contributed by atoms with E-state index in [-0.39, 0.29) is 6.54 Å². The number of carbonyl (C=O) groups excluding carboxylic acids is 1. The van der Waals surface area contributed by atoms with Gasteiger partial charge < -0.3 is 15.7 Å². The molecule has 0 aliphatic rings. The molecular weight excluding hydrogens is 232 g/mol. The molecular formula is C13H14N2O3. The zero-order valence-corrected chi connectivity index (χ0v) is 9.93. The largest absolute Gasteiger partial charge is 0.481 e. The number of nitrogens with one attached hydrogen (secondary N) is 2. The molecule has 1 unspecified atom stereocenters. The van der Waals surface area contributed by atoms with E-state index in [1.807, 2.05) is 0 Å². The fraction of sp³-hybridized carbons (Fsp3) is 0.231. The third-order valence-corrected chi connectivity index (χ3v) is 2.28. The van der Waals surface area contributed by atoms with Crippen molar-refractivity contribution in [2.75, 3.05) is 11.9 Å². The number of benzene rings is 1. The highest BCUT2D eigenvalue weighted by atomic mass is 16.4. The van der Waals surface area contributed by atoms with Crippen molar-refractivity contribution in [3.63, 3.8) is 0 Å². The van der Waals surface area contributed by atoms with Crippen LogP contribution in [0.4, 0.5) is 10.5 Å². The van der Waals surface area contributed by atoms with Crippen LogP contribution in [0.15, 0.2) is 24.3 Å². The number of amides is 2. The van der Waals surface area contributed by atoms with Crippen LogP contribution in [0.3, 0.4) is 0 Å². The number of carbonyl (C=O) groups is 2. The number of anilines is 1. The van der Waals surface area contributed by atoms with Crippen molar-refractivity contribution in [2.45, 2.75) is 6.92 Å². The summed E-state index contributed by atoms with van der Waals surface area (Å²) in [5, 5.41) is 13.7. The van der Waals surface area contributed by atoms with Gasteiger partial charge in [-0.25, -0.2) is 4.79 Å². The van der Waals surface area contributed by atoms with E-state index in [0.29, 0.717) is 11.3 Å². The Morgan fingerprint density at radius 1 is 1.50 bits per heavy atom. The van der Waals surface area contributed by atoms with Gasteiger partial charge in [0.25, 0.3) is 0 Å². The zero-order valence-electron chi connectivity index (χ0n) is 9.93. The molecule has 5 nitrogen and oxygen atoms in total. The Kier molecular flexibility index (Phi) is 4.76. The Bertz CT molecular complexity index is 491. The average molecular weight is 246 g/mol. The van der Waals surface area contributed by atoms with E-state index in [1.165, 1.54) is 6.92 Å². The first-order valence-corrected chi connectivity index (χ1v) is 5.37. The molecule has 1 aromatic rings. The maximum atomic E-state index is 11.5. The third kappa shape index (κ3) is 4.18. The molecule has 1 rings (SSSR count). The van der Waals surface area contributed by atoms with Crippen molar-refractivity contribution in [1.29, 1.82) is 0 Å². The molecule has 0 spiro atoms. The van der Waals surface area contributed by atoms with Gasteiger partial charge in [-0.1, -0.05) is 18.9 Å². The number of rotatable bonds is 4. The van der Waals surface area contributed by atoms with Crippen LogP contribution in [0, 0.1) is 18.3 Å². The standard InChI is InChI=1S/C13H14N2O3/c1-3-10-5-4-6-11(7-10)15-13(18)14-8-9(2)12(16)17/h1,4-7,9H,8H2,2H3,(H,16,17)(H2,14,15,18). The maximum Gasteiger partial charge on any atom is 0.319 e. The fourth-order valence-electron chi connectivity index (χ4n) is 1.20. The SMILES string of the molecule is C#Cc1cccc(NC(=O)NCC(C)C(=O)O)c1. The maximum absolute atomic E-state index is 11.5. The molecule has 0 saturated heterocycles. The molecule has 0 bridgehead atoms. The predicted molar refractivity (Wildman–Crippen MR) is 68.2 cm³/mol. The number of aliphatic carboxylic acids is 1. The summed E-state index contributed by atoms with van der Waals surface area (Å²) in [5.41, 5.74) is 1.22. The predicted octanol–water partition coefficient (Wildman–Crippen LogP) is 1.51. The smallest absolute Gasteiger partial charge is 0.319 e. The highest BCUT2D eigenvalue weighted by Crippen LogP contribution is 2.09. The molecule has 2 amide bonds. The first kappa shape index (κ1) is 13.6. The van der Waals surface area contributed by atoms with Crippen LogP contribution in [0.5, 0.6) is 0 Å². The Balaban J connectivity index is 2.50. The van der Waals surface area contributed by atoms with E-state index >= 15 is 0 Å². The quantitative estimate of drug-likeness (QED) is 0.705. The molecule has 3 N–H and O–H groups in total. The molecule has 1 aromatic carbocycles. The van der Waals surface area contributed by atoms with Gasteiger partial charge in [0, 0.05) is 17.8 Å². The van der Waals surface area contributed by atoms with Crippen LogP contribution in [0.1, 0.15) is 12.5 Å². The van der Waals surface area contributed by atoms with E-state index < -0.39 is 17.9 Å². The van der Waals surface area contributed by atoms with Crippen LogP contribution in [-0.4, -0.2) is 23.7 Å². The summed E-state index contributed by atoms with van der Waals surface area (Å²) in [6, 6.07) is 6.36. The van der Waals surface area contributed by atoms with Gasteiger partial charge in [0.2, 0.25) is 0 Å². The molecule has 0 heterocycles. The molecule has 0 fully saturated rings. The molecule has 0 radical (unpaired) electrons. The van der Waals surface area contributed by atoms with Gasteiger partial charge in [0.15, 0.2) is 0 Å². The first-order valence-electron chi connectivity index (χ1n) is 5.37. The van der Waals surface area contributed by atoms with Crippen molar-refractivity contribution >= 4 is 17.7 Å². The second kappa shape index (κ2) is 6.30. The summed E-state index contributed by atoms with van der Waals surface area (Å²) in [5.74, 6) is 0.871.